The van der Waals surface area contributed by atoms with Crippen LogP contribution in [0.3, 0.4) is 0 Å². The highest BCUT2D eigenvalue weighted by molar-refractivity contribution is 5.93. The summed E-state index contributed by atoms with van der Waals surface area (Å²) in [7, 11) is 0. The van der Waals surface area contributed by atoms with Gasteiger partial charge in [0.25, 0.3) is 5.91 Å². The van der Waals surface area contributed by atoms with E-state index in [2.05, 4.69) is 22.6 Å². The molecule has 1 N–H and O–H groups in total. The molecule has 35 heavy (non-hydrogen) atoms. The fourth-order valence-electron chi connectivity index (χ4n) is 6.23. The summed E-state index contributed by atoms with van der Waals surface area (Å²) >= 11 is 0. The molecule has 3 aromatic rings. The Morgan fingerprint density at radius 3 is 2.34 bits per heavy atom. The third-order valence-corrected chi connectivity index (χ3v) is 8.03. The van der Waals surface area contributed by atoms with Crippen molar-refractivity contribution in [1.82, 2.24) is 5.16 Å². The Hall–Kier alpha value is -3.45. The number of carbonyl (C=O) groups excluding carboxylic acids is 2. The number of rotatable bonds is 6. The minimum absolute atomic E-state index is 0.0787. The largest absolute Gasteiger partial charge is 0.455 e. The third kappa shape index (κ3) is 3.93. The van der Waals surface area contributed by atoms with Gasteiger partial charge in [0.05, 0.1) is 13.1 Å². The van der Waals surface area contributed by atoms with Crippen LogP contribution in [-0.4, -0.2) is 53.8 Å². The van der Waals surface area contributed by atoms with E-state index in [1.165, 1.54) is 0 Å². The normalized spacial score (nSPS) is 24.6. The van der Waals surface area contributed by atoms with Gasteiger partial charge in [0, 0.05) is 31.2 Å². The lowest BCUT2D eigenvalue weighted by atomic mass is 9.83. The average molecular weight is 473 g/mol. The van der Waals surface area contributed by atoms with Crippen LogP contribution >= 0.6 is 0 Å². The Morgan fingerprint density at radius 1 is 1.06 bits per heavy atom. The van der Waals surface area contributed by atoms with Gasteiger partial charge >= 0.3 is 5.97 Å². The molecule has 2 aromatic carbocycles. The molecule has 7 nitrogen and oxygen atoms in total. The van der Waals surface area contributed by atoms with Gasteiger partial charge in [-0.15, -0.1) is 0 Å². The summed E-state index contributed by atoms with van der Waals surface area (Å²) in [6.07, 6.45) is 2.49. The predicted molar refractivity (Wildman–Crippen MR) is 131 cm³/mol. The summed E-state index contributed by atoms with van der Waals surface area (Å²) in [4.78, 5) is 26.4. The Balaban J connectivity index is 1.17. The molecule has 4 aliphatic rings. The monoisotopic (exact) mass is 472 g/mol. The number of benzene rings is 2. The van der Waals surface area contributed by atoms with Crippen LogP contribution in [0.2, 0.25) is 0 Å². The molecule has 7 heteroatoms. The van der Waals surface area contributed by atoms with Crippen LogP contribution in [0.15, 0.2) is 59.1 Å². The van der Waals surface area contributed by atoms with Crippen molar-refractivity contribution < 1.29 is 23.3 Å². The fourth-order valence-corrected chi connectivity index (χ4v) is 6.23. The molecule has 3 saturated heterocycles. The van der Waals surface area contributed by atoms with E-state index in [1.54, 1.807) is 6.07 Å². The minimum atomic E-state index is -0.394. The Kier molecular flexibility index (Phi) is 5.44. The van der Waals surface area contributed by atoms with Gasteiger partial charge in [-0.25, -0.2) is 0 Å². The van der Waals surface area contributed by atoms with Gasteiger partial charge in [0.1, 0.15) is 18.2 Å². The Labute approximate surface area is 204 Å². The quantitative estimate of drug-likeness (QED) is 0.431. The number of anilines is 1. The number of carbonyl (C=O) groups is 2. The summed E-state index contributed by atoms with van der Waals surface area (Å²) in [6.45, 7) is 4.87. The number of piperidine rings is 3. The van der Waals surface area contributed by atoms with Gasteiger partial charge in [0.15, 0.2) is 18.5 Å². The zero-order valence-electron chi connectivity index (χ0n) is 19.9. The molecule has 1 unspecified atom stereocenters. The third-order valence-electron chi connectivity index (χ3n) is 8.03. The molecule has 4 heterocycles. The average Bonchev–Trinajstić information content (AvgIpc) is 3.46. The number of hydrogen-bond donors (Lipinski definition) is 1. The van der Waals surface area contributed by atoms with Crippen molar-refractivity contribution in [3.8, 4) is 11.1 Å². The number of ether oxygens (including phenoxy) is 1. The minimum Gasteiger partial charge on any atom is -0.455 e. The van der Waals surface area contributed by atoms with Gasteiger partial charge in [-0.2, -0.15) is 0 Å². The number of aromatic nitrogens is 1. The van der Waals surface area contributed by atoms with Gasteiger partial charge in [-0.05, 0) is 22.3 Å². The highest BCUT2D eigenvalue weighted by Gasteiger charge is 2.49. The summed E-state index contributed by atoms with van der Waals surface area (Å²) in [5, 5.41) is 6.81. The Bertz CT molecular complexity index is 1230. The molecule has 180 valence electrons. The van der Waals surface area contributed by atoms with Crippen LogP contribution in [0.25, 0.3) is 11.1 Å². The predicted octanol–water partition coefficient (Wildman–Crippen LogP) is 4.14. The number of nitrogens with zero attached hydrogens (tertiary/aromatic N) is 2. The molecule has 3 aliphatic heterocycles. The second kappa shape index (κ2) is 8.64. The van der Waals surface area contributed by atoms with Gasteiger partial charge in [-0.3, -0.25) is 9.59 Å². The van der Waals surface area contributed by atoms with Crippen molar-refractivity contribution in [3.63, 3.8) is 0 Å². The first-order chi connectivity index (χ1) is 17.0. The van der Waals surface area contributed by atoms with Crippen molar-refractivity contribution >= 4 is 17.7 Å². The molecule has 2 bridgehead atoms. The van der Waals surface area contributed by atoms with E-state index in [-0.39, 0.29) is 18.0 Å². The molecular formula is C28H30N3O4+. The molecule has 1 atom stereocenters. The maximum atomic E-state index is 13.6. The molecule has 0 saturated carbocycles. The van der Waals surface area contributed by atoms with E-state index in [4.69, 9.17) is 9.26 Å². The number of hydrogen-bond acceptors (Lipinski definition) is 5. The van der Waals surface area contributed by atoms with Gasteiger partial charge in [-0.1, -0.05) is 60.6 Å². The zero-order chi connectivity index (χ0) is 24.0. The van der Waals surface area contributed by atoms with Crippen molar-refractivity contribution in [2.24, 2.45) is 5.92 Å². The maximum absolute atomic E-state index is 13.6. The first kappa shape index (κ1) is 22.0. The SMILES string of the molecule is CCc1cc(NC(=O)C[N+]23CCC(CC2)C(OC(=O)C2c4ccccc4-c4ccccc42)C3)no1. The van der Waals surface area contributed by atoms with Crippen molar-refractivity contribution in [1.29, 1.82) is 0 Å². The van der Waals surface area contributed by atoms with E-state index in [0.717, 1.165) is 60.4 Å². The number of amides is 1. The lowest BCUT2D eigenvalue weighted by Crippen LogP contribution is -2.66. The number of quaternary nitrogens is 1. The molecule has 3 fully saturated rings. The smallest absolute Gasteiger partial charge is 0.318 e. The summed E-state index contributed by atoms with van der Waals surface area (Å²) < 4.78 is 12.1. The van der Waals surface area contributed by atoms with E-state index >= 15 is 0 Å². The molecule has 1 aliphatic carbocycles. The van der Waals surface area contributed by atoms with E-state index < -0.39 is 5.92 Å². The first-order valence-electron chi connectivity index (χ1n) is 12.5. The summed E-state index contributed by atoms with van der Waals surface area (Å²) in [5.41, 5.74) is 4.25. The Morgan fingerprint density at radius 2 is 1.71 bits per heavy atom. The summed E-state index contributed by atoms with van der Waals surface area (Å²) in [6, 6.07) is 18.0. The van der Waals surface area contributed by atoms with Gasteiger partial charge in [0.2, 0.25) is 0 Å². The number of fused-ring (bicyclic) bond motifs is 6. The maximum Gasteiger partial charge on any atom is 0.318 e. The van der Waals surface area contributed by atoms with Crippen LogP contribution in [0.5, 0.6) is 0 Å². The van der Waals surface area contributed by atoms with Crippen molar-refractivity contribution in [3.05, 3.63) is 71.5 Å². The van der Waals surface area contributed by atoms with Crippen molar-refractivity contribution in [2.75, 3.05) is 31.5 Å². The van der Waals surface area contributed by atoms with E-state index in [1.807, 2.05) is 43.3 Å². The molecule has 7 rings (SSSR count). The molecule has 1 amide bonds. The van der Waals surface area contributed by atoms with Crippen LogP contribution in [0, 0.1) is 5.92 Å². The fraction of sp³-hybridized carbons (Fsp3) is 0.393. The molecule has 1 aromatic heterocycles. The van der Waals surface area contributed by atoms with Crippen LogP contribution in [-0.2, 0) is 20.7 Å². The molecular weight excluding hydrogens is 442 g/mol. The number of aryl methyl sites for hydroxylation is 1. The number of esters is 1. The lowest BCUT2D eigenvalue weighted by molar-refractivity contribution is -0.938. The van der Waals surface area contributed by atoms with Crippen LogP contribution in [0.4, 0.5) is 5.82 Å². The lowest BCUT2D eigenvalue weighted by Gasteiger charge is -2.51. The highest BCUT2D eigenvalue weighted by atomic mass is 16.5. The zero-order valence-corrected chi connectivity index (χ0v) is 19.9. The van der Waals surface area contributed by atoms with Crippen molar-refractivity contribution in [2.45, 2.75) is 38.2 Å². The molecule has 0 radical (unpaired) electrons. The second-order valence-electron chi connectivity index (χ2n) is 10.1. The first-order valence-corrected chi connectivity index (χ1v) is 12.5. The number of nitrogens with one attached hydrogen (secondary N) is 1. The van der Waals surface area contributed by atoms with E-state index in [9.17, 15) is 9.59 Å². The second-order valence-corrected chi connectivity index (χ2v) is 10.1. The topological polar surface area (TPSA) is 81.4 Å². The van der Waals surface area contributed by atoms with E-state index in [0.29, 0.717) is 29.3 Å². The standard InChI is InChI=1S/C28H29N3O4/c1-2-19-15-25(30-35-19)29-26(32)17-31-13-11-18(12-14-31)24(16-31)34-28(33)27-22-9-5-3-7-20(22)21-8-4-6-10-23(21)27/h3-10,15,18,24,27H,2,11-14,16-17H2,1H3/p+1. The summed E-state index contributed by atoms with van der Waals surface area (Å²) in [5.74, 6) is 0.904. The van der Waals surface area contributed by atoms with Gasteiger partial charge < -0.3 is 19.1 Å². The van der Waals surface area contributed by atoms with Crippen LogP contribution in [0.1, 0.15) is 42.6 Å². The molecule has 0 spiro atoms. The highest BCUT2D eigenvalue weighted by Crippen LogP contribution is 2.46. The van der Waals surface area contributed by atoms with Crippen LogP contribution < -0.4 is 5.32 Å².